The summed E-state index contributed by atoms with van der Waals surface area (Å²) >= 11 is 7.86. The summed E-state index contributed by atoms with van der Waals surface area (Å²) in [4.78, 5) is 0. The maximum atomic E-state index is 3.93. The highest BCUT2D eigenvalue weighted by atomic mass is 79.9. The fourth-order valence-corrected chi connectivity index (χ4v) is 8.69. The topological polar surface area (TPSA) is 0 Å². The maximum absolute atomic E-state index is 3.93. The number of halogens is 2. The van der Waals surface area contributed by atoms with Gasteiger partial charge in [0.25, 0.3) is 0 Å². The van der Waals surface area contributed by atoms with E-state index in [0.717, 1.165) is 23.7 Å². The smallest absolute Gasteiger partial charge is 0.0485 e. The van der Waals surface area contributed by atoms with Gasteiger partial charge in [-0.3, -0.25) is 0 Å². The minimum Gasteiger partial charge on any atom is -0.0831 e. The Morgan fingerprint density at radius 2 is 1.00 bits per heavy atom. The van der Waals surface area contributed by atoms with E-state index in [9.17, 15) is 0 Å². The molecule has 0 aromatic heterocycles. The van der Waals surface area contributed by atoms with Gasteiger partial charge in [-0.25, -0.2) is 0 Å². The average Bonchev–Trinajstić information content (AvgIpc) is 1.90. The summed E-state index contributed by atoms with van der Waals surface area (Å²) < 4.78 is 1.27. The second kappa shape index (κ2) is 0.834. The molecule has 6 aliphatic carbocycles. The van der Waals surface area contributed by atoms with Crippen molar-refractivity contribution in [2.24, 2.45) is 35.5 Å². The molecule has 0 aromatic rings. The van der Waals surface area contributed by atoms with Crippen LogP contribution in [-0.2, 0) is 0 Å². The Hall–Kier alpha value is 0.960. The first-order valence-corrected chi connectivity index (χ1v) is 5.70. The maximum Gasteiger partial charge on any atom is 0.0485 e. The van der Waals surface area contributed by atoms with Crippen LogP contribution in [0.3, 0.4) is 0 Å². The van der Waals surface area contributed by atoms with Crippen molar-refractivity contribution < 1.29 is 0 Å². The molecule has 0 heterocycles. The molecule has 0 nitrogen and oxygen atoms in total. The first-order valence-electron chi connectivity index (χ1n) is 4.12. The van der Waals surface area contributed by atoms with Crippen molar-refractivity contribution in [1.82, 2.24) is 0 Å². The van der Waals surface area contributed by atoms with Crippen LogP contribution in [0.4, 0.5) is 0 Å². The standard InChI is InChI=1S/C8H6Br2/c9-7-3-1-2-5(3)8(7,10)6(2)4(1)7/h1-6H. The molecule has 2 heteroatoms. The molecule has 0 aromatic carbocycles. The molecule has 6 saturated carbocycles. The van der Waals surface area contributed by atoms with E-state index in [1.807, 2.05) is 0 Å². The summed E-state index contributed by atoms with van der Waals surface area (Å²) in [6, 6.07) is 0. The van der Waals surface area contributed by atoms with E-state index in [4.69, 9.17) is 0 Å². The first-order chi connectivity index (χ1) is 4.74. The van der Waals surface area contributed by atoms with Crippen LogP contribution in [0.25, 0.3) is 0 Å². The van der Waals surface area contributed by atoms with Crippen molar-refractivity contribution >= 4 is 31.9 Å². The van der Waals surface area contributed by atoms with E-state index in [2.05, 4.69) is 31.9 Å². The van der Waals surface area contributed by atoms with Gasteiger partial charge < -0.3 is 0 Å². The fraction of sp³-hybridized carbons (Fsp3) is 1.00. The number of alkyl halides is 2. The van der Waals surface area contributed by atoms with Crippen LogP contribution in [0.2, 0.25) is 0 Å². The summed E-state index contributed by atoms with van der Waals surface area (Å²) in [7, 11) is 0. The van der Waals surface area contributed by atoms with Gasteiger partial charge in [-0.15, -0.1) is 0 Å². The molecule has 4 atom stereocenters. The molecule has 0 bridgehead atoms. The summed E-state index contributed by atoms with van der Waals surface area (Å²) in [5, 5.41) is 0. The lowest BCUT2D eigenvalue weighted by Gasteiger charge is -3.09. The average molecular weight is 262 g/mol. The predicted molar refractivity (Wildman–Crippen MR) is 44.3 cm³/mol. The molecule has 0 aliphatic heterocycles. The highest BCUT2D eigenvalue weighted by Gasteiger charge is 3.09. The highest BCUT2D eigenvalue weighted by molar-refractivity contribution is 9.13. The third-order valence-corrected chi connectivity index (χ3v) is 9.36. The normalized spacial score (nSPS) is 104. The quantitative estimate of drug-likeness (QED) is 0.586. The Kier molecular flexibility index (Phi) is 0.405. The van der Waals surface area contributed by atoms with Gasteiger partial charge in [-0.05, 0) is 35.5 Å². The Morgan fingerprint density at radius 3 is 1.20 bits per heavy atom. The minimum absolute atomic E-state index is 0.634. The van der Waals surface area contributed by atoms with Crippen LogP contribution in [0, 0.1) is 35.5 Å². The monoisotopic (exact) mass is 260 g/mol. The van der Waals surface area contributed by atoms with Gasteiger partial charge in [-0.2, -0.15) is 0 Å². The van der Waals surface area contributed by atoms with Gasteiger partial charge in [0.1, 0.15) is 0 Å². The van der Waals surface area contributed by atoms with Crippen LogP contribution in [0.1, 0.15) is 0 Å². The SMILES string of the molecule is BrC12C3C4C5C3C1(Br)C5C42. The largest absolute Gasteiger partial charge is 0.0831 e. The lowest BCUT2D eigenvalue weighted by atomic mass is 9.01. The van der Waals surface area contributed by atoms with Crippen molar-refractivity contribution in [3.05, 3.63) is 0 Å². The van der Waals surface area contributed by atoms with Crippen LogP contribution in [-0.4, -0.2) is 8.65 Å². The van der Waals surface area contributed by atoms with E-state index in [1.165, 1.54) is 11.8 Å². The van der Waals surface area contributed by atoms with Crippen molar-refractivity contribution in [3.63, 3.8) is 0 Å². The molecule has 4 unspecified atom stereocenters. The van der Waals surface area contributed by atoms with Crippen molar-refractivity contribution in [2.75, 3.05) is 0 Å². The molecule has 10 heavy (non-hydrogen) atoms. The summed E-state index contributed by atoms with van der Waals surface area (Å²) in [6.45, 7) is 0. The van der Waals surface area contributed by atoms with Gasteiger partial charge in [0.15, 0.2) is 0 Å². The van der Waals surface area contributed by atoms with Crippen LogP contribution in [0.15, 0.2) is 0 Å². The molecule has 6 rings (SSSR count). The Bertz CT molecular complexity index is 248. The second-order valence-electron chi connectivity index (χ2n) is 4.79. The third kappa shape index (κ3) is 0.148. The van der Waals surface area contributed by atoms with E-state index >= 15 is 0 Å². The number of hydrogen-bond acceptors (Lipinski definition) is 0. The van der Waals surface area contributed by atoms with Gasteiger partial charge in [-0.1, -0.05) is 31.9 Å². The second-order valence-corrected chi connectivity index (χ2v) is 7.42. The van der Waals surface area contributed by atoms with E-state index < -0.39 is 0 Å². The van der Waals surface area contributed by atoms with Gasteiger partial charge in [0, 0.05) is 8.65 Å². The van der Waals surface area contributed by atoms with Gasteiger partial charge >= 0.3 is 0 Å². The van der Waals surface area contributed by atoms with E-state index in [1.54, 1.807) is 0 Å². The molecule has 0 amide bonds. The van der Waals surface area contributed by atoms with Crippen LogP contribution < -0.4 is 0 Å². The molecule has 0 N–H and O–H groups in total. The molecule has 6 aliphatic rings. The summed E-state index contributed by atoms with van der Waals surface area (Å²) in [5.74, 6) is 6.88. The van der Waals surface area contributed by atoms with E-state index in [0.29, 0.717) is 8.65 Å². The fourth-order valence-electron chi connectivity index (χ4n) is 5.27. The molecular weight excluding hydrogens is 256 g/mol. The Morgan fingerprint density at radius 1 is 0.700 bits per heavy atom. The number of rotatable bonds is 0. The third-order valence-electron chi connectivity index (χ3n) is 5.40. The Labute approximate surface area is 76.0 Å². The minimum atomic E-state index is 0.634. The lowest BCUT2D eigenvalue weighted by molar-refractivity contribution is -0.520. The first kappa shape index (κ1) is 4.86. The van der Waals surface area contributed by atoms with E-state index in [-0.39, 0.29) is 0 Å². The van der Waals surface area contributed by atoms with Crippen LogP contribution in [0.5, 0.6) is 0 Å². The highest BCUT2D eigenvalue weighted by Crippen LogP contribution is 3.07. The van der Waals surface area contributed by atoms with Crippen molar-refractivity contribution in [3.8, 4) is 0 Å². The van der Waals surface area contributed by atoms with Crippen LogP contribution >= 0.6 is 31.9 Å². The molecule has 0 radical (unpaired) electrons. The molecule has 6 fully saturated rings. The zero-order valence-corrected chi connectivity index (χ0v) is 8.39. The molecule has 0 spiro atoms. The van der Waals surface area contributed by atoms with Crippen molar-refractivity contribution in [1.29, 1.82) is 0 Å². The summed E-state index contributed by atoms with van der Waals surface area (Å²) in [5.41, 5.74) is 0. The number of hydrogen-bond donors (Lipinski definition) is 0. The molecular formula is C8H6Br2. The lowest BCUT2D eigenvalue weighted by Crippen LogP contribution is -3.13. The Balaban J connectivity index is 1.91. The van der Waals surface area contributed by atoms with Gasteiger partial charge in [0.2, 0.25) is 0 Å². The molecule has 52 valence electrons. The van der Waals surface area contributed by atoms with Crippen molar-refractivity contribution in [2.45, 2.75) is 8.65 Å². The van der Waals surface area contributed by atoms with Gasteiger partial charge in [0.05, 0.1) is 0 Å². The zero-order valence-electron chi connectivity index (χ0n) is 5.22. The summed E-state index contributed by atoms with van der Waals surface area (Å²) in [6.07, 6.45) is 0. The molecule has 0 saturated heterocycles. The zero-order chi connectivity index (χ0) is 6.46. The predicted octanol–water partition coefficient (Wildman–Crippen LogP) is 2.02.